The molecule has 1 nitrogen and oxygen atoms in total. The fourth-order valence-corrected chi connectivity index (χ4v) is 2.27. The van der Waals surface area contributed by atoms with Crippen LogP contribution in [0.2, 0.25) is 0 Å². The second-order valence-corrected chi connectivity index (χ2v) is 5.93. The lowest BCUT2D eigenvalue weighted by Crippen LogP contribution is -2.20. The van der Waals surface area contributed by atoms with Crippen LogP contribution in [-0.4, -0.2) is 13.1 Å². The summed E-state index contributed by atoms with van der Waals surface area (Å²) in [5.74, 6) is 0.770. The van der Waals surface area contributed by atoms with Crippen LogP contribution in [0.1, 0.15) is 57.6 Å². The van der Waals surface area contributed by atoms with Crippen LogP contribution in [0.5, 0.6) is 0 Å². The predicted molar refractivity (Wildman–Crippen MR) is 85.7 cm³/mol. The van der Waals surface area contributed by atoms with Gasteiger partial charge in [-0.2, -0.15) is 0 Å². The minimum atomic E-state index is 0.770. The fourth-order valence-electron chi connectivity index (χ4n) is 2.27. The van der Waals surface area contributed by atoms with Crippen molar-refractivity contribution in [3.8, 4) is 0 Å². The van der Waals surface area contributed by atoms with Crippen molar-refractivity contribution >= 4 is 0 Å². The van der Waals surface area contributed by atoms with E-state index in [1.165, 1.54) is 49.8 Å². The molecule has 1 aromatic carbocycles. The number of unbranched alkanes of at least 4 members (excludes halogenated alkanes) is 3. The second-order valence-electron chi connectivity index (χ2n) is 5.93. The van der Waals surface area contributed by atoms with Crippen molar-refractivity contribution in [1.82, 2.24) is 5.32 Å². The smallest absolute Gasteiger partial charge is 0.00258 e. The lowest BCUT2D eigenvalue weighted by Gasteiger charge is -2.07. The van der Waals surface area contributed by atoms with Gasteiger partial charge in [-0.25, -0.2) is 0 Å². The van der Waals surface area contributed by atoms with Gasteiger partial charge in [0.2, 0.25) is 0 Å². The summed E-state index contributed by atoms with van der Waals surface area (Å²) in [7, 11) is 0. The summed E-state index contributed by atoms with van der Waals surface area (Å²) in [4.78, 5) is 0. The molecule has 0 fully saturated rings. The summed E-state index contributed by atoms with van der Waals surface area (Å²) in [5.41, 5.74) is 2.94. The lowest BCUT2D eigenvalue weighted by atomic mass is 10.0. The molecule has 0 aliphatic carbocycles. The predicted octanol–water partition coefficient (Wildman–Crippen LogP) is 4.60. The van der Waals surface area contributed by atoms with E-state index < -0.39 is 0 Å². The molecule has 0 amide bonds. The van der Waals surface area contributed by atoms with E-state index in [2.05, 4.69) is 50.4 Å². The summed E-state index contributed by atoms with van der Waals surface area (Å²) in [5, 5.41) is 3.51. The quantitative estimate of drug-likeness (QED) is 0.607. The number of benzene rings is 1. The molecule has 0 aliphatic heterocycles. The summed E-state index contributed by atoms with van der Waals surface area (Å²) >= 11 is 0. The van der Waals surface area contributed by atoms with Crippen LogP contribution < -0.4 is 5.32 Å². The first-order valence-corrected chi connectivity index (χ1v) is 8.01. The van der Waals surface area contributed by atoms with Gasteiger partial charge in [0, 0.05) is 0 Å². The van der Waals surface area contributed by atoms with E-state index in [-0.39, 0.29) is 0 Å². The molecule has 0 aliphatic rings. The maximum Gasteiger partial charge on any atom is -0.00258 e. The Bertz CT molecular complexity index is 313. The van der Waals surface area contributed by atoms with Crippen LogP contribution in [0.3, 0.4) is 0 Å². The van der Waals surface area contributed by atoms with Crippen molar-refractivity contribution in [2.75, 3.05) is 13.1 Å². The average molecular weight is 261 g/mol. The topological polar surface area (TPSA) is 12.0 Å². The standard InChI is InChI=1S/C18H31N/c1-4-17-10-12-18(13-11-17)9-7-5-6-8-14-19-15-16(2)3/h10-13,16,19H,4-9,14-15H2,1-3H3. The van der Waals surface area contributed by atoms with Crippen molar-refractivity contribution < 1.29 is 0 Å². The fraction of sp³-hybridized carbons (Fsp3) is 0.667. The van der Waals surface area contributed by atoms with Crippen molar-refractivity contribution in [3.05, 3.63) is 35.4 Å². The average Bonchev–Trinajstić information content (AvgIpc) is 2.42. The number of hydrogen-bond acceptors (Lipinski definition) is 1. The Hall–Kier alpha value is -0.820. The number of nitrogens with one attached hydrogen (secondary N) is 1. The zero-order valence-corrected chi connectivity index (χ0v) is 13.0. The first-order chi connectivity index (χ1) is 9.22. The van der Waals surface area contributed by atoms with E-state index in [1.807, 2.05) is 0 Å². The Morgan fingerprint density at radius 3 is 2.16 bits per heavy atom. The minimum absolute atomic E-state index is 0.770. The highest BCUT2D eigenvalue weighted by Crippen LogP contribution is 2.10. The van der Waals surface area contributed by atoms with Crippen LogP contribution in [0.25, 0.3) is 0 Å². The van der Waals surface area contributed by atoms with E-state index in [0.717, 1.165) is 18.9 Å². The summed E-state index contributed by atoms with van der Waals surface area (Å²) < 4.78 is 0. The van der Waals surface area contributed by atoms with Gasteiger partial charge in [0.25, 0.3) is 0 Å². The first kappa shape index (κ1) is 16.2. The van der Waals surface area contributed by atoms with Gasteiger partial charge in [0.1, 0.15) is 0 Å². The minimum Gasteiger partial charge on any atom is -0.316 e. The molecule has 0 saturated heterocycles. The van der Waals surface area contributed by atoms with Crippen LogP contribution in [0.4, 0.5) is 0 Å². The molecular formula is C18H31N. The molecule has 0 aromatic heterocycles. The summed E-state index contributed by atoms with van der Waals surface area (Å²) in [6.45, 7) is 9.07. The van der Waals surface area contributed by atoms with Gasteiger partial charge in [0.05, 0.1) is 0 Å². The zero-order valence-electron chi connectivity index (χ0n) is 13.0. The summed E-state index contributed by atoms with van der Waals surface area (Å²) in [6, 6.07) is 9.13. The van der Waals surface area contributed by atoms with Gasteiger partial charge in [-0.1, -0.05) is 57.9 Å². The van der Waals surface area contributed by atoms with Gasteiger partial charge in [0.15, 0.2) is 0 Å². The van der Waals surface area contributed by atoms with Crippen LogP contribution in [0, 0.1) is 5.92 Å². The highest BCUT2D eigenvalue weighted by molar-refractivity contribution is 5.22. The molecule has 108 valence electrons. The molecule has 0 heterocycles. The molecule has 1 rings (SSSR count). The lowest BCUT2D eigenvalue weighted by molar-refractivity contribution is 0.526. The van der Waals surface area contributed by atoms with Crippen molar-refractivity contribution in [3.63, 3.8) is 0 Å². The third-order valence-corrected chi connectivity index (χ3v) is 3.55. The molecule has 0 saturated carbocycles. The molecule has 19 heavy (non-hydrogen) atoms. The Morgan fingerprint density at radius 1 is 0.895 bits per heavy atom. The number of rotatable bonds is 10. The highest BCUT2D eigenvalue weighted by atomic mass is 14.8. The van der Waals surface area contributed by atoms with Crippen molar-refractivity contribution in [1.29, 1.82) is 0 Å². The number of hydrogen-bond donors (Lipinski definition) is 1. The van der Waals surface area contributed by atoms with E-state index in [4.69, 9.17) is 0 Å². The molecule has 0 atom stereocenters. The van der Waals surface area contributed by atoms with Gasteiger partial charge in [-0.05, 0) is 55.8 Å². The molecule has 0 radical (unpaired) electrons. The highest BCUT2D eigenvalue weighted by Gasteiger charge is 1.96. The SMILES string of the molecule is CCc1ccc(CCCCCCNCC(C)C)cc1. The van der Waals surface area contributed by atoms with E-state index >= 15 is 0 Å². The zero-order chi connectivity index (χ0) is 13.9. The molecule has 0 unspecified atom stereocenters. The van der Waals surface area contributed by atoms with Gasteiger partial charge < -0.3 is 5.32 Å². The maximum atomic E-state index is 3.51. The Balaban J connectivity index is 1.98. The van der Waals surface area contributed by atoms with Crippen LogP contribution in [0.15, 0.2) is 24.3 Å². The molecule has 1 heteroatoms. The van der Waals surface area contributed by atoms with Gasteiger partial charge in [-0.15, -0.1) is 0 Å². The maximum absolute atomic E-state index is 3.51. The molecule has 0 spiro atoms. The Morgan fingerprint density at radius 2 is 1.53 bits per heavy atom. The number of aryl methyl sites for hydroxylation is 2. The third-order valence-electron chi connectivity index (χ3n) is 3.55. The van der Waals surface area contributed by atoms with E-state index in [1.54, 1.807) is 0 Å². The second kappa shape index (κ2) is 10.0. The monoisotopic (exact) mass is 261 g/mol. The largest absolute Gasteiger partial charge is 0.316 e. The van der Waals surface area contributed by atoms with Crippen LogP contribution in [-0.2, 0) is 12.8 Å². The normalized spacial score (nSPS) is 11.2. The van der Waals surface area contributed by atoms with Crippen molar-refractivity contribution in [2.24, 2.45) is 5.92 Å². The Kier molecular flexibility index (Phi) is 8.57. The third kappa shape index (κ3) is 8.05. The first-order valence-electron chi connectivity index (χ1n) is 8.01. The van der Waals surface area contributed by atoms with E-state index in [0.29, 0.717) is 0 Å². The van der Waals surface area contributed by atoms with Gasteiger partial charge >= 0.3 is 0 Å². The molecule has 1 aromatic rings. The van der Waals surface area contributed by atoms with Gasteiger partial charge in [-0.3, -0.25) is 0 Å². The molecule has 0 bridgehead atoms. The molecular weight excluding hydrogens is 230 g/mol. The Labute approximate surface area is 119 Å². The van der Waals surface area contributed by atoms with Crippen molar-refractivity contribution in [2.45, 2.75) is 59.3 Å². The summed E-state index contributed by atoms with van der Waals surface area (Å²) in [6.07, 6.45) is 7.75. The molecule has 1 N–H and O–H groups in total. The van der Waals surface area contributed by atoms with Crippen LogP contribution >= 0.6 is 0 Å². The van der Waals surface area contributed by atoms with E-state index in [9.17, 15) is 0 Å².